The summed E-state index contributed by atoms with van der Waals surface area (Å²) in [6.45, 7) is 1.89. The molecule has 162 valence electrons. The van der Waals surface area contributed by atoms with Crippen molar-refractivity contribution in [2.24, 2.45) is 0 Å². The molecule has 1 atom stereocenters. The Bertz CT molecular complexity index is 1450. The summed E-state index contributed by atoms with van der Waals surface area (Å²) in [5.41, 5.74) is 2.23. The fraction of sp³-hybridized carbons (Fsp3) is 0.0714. The zero-order valence-corrected chi connectivity index (χ0v) is 17.9. The van der Waals surface area contributed by atoms with Gasteiger partial charge in [0.25, 0.3) is 11.7 Å². The molecule has 0 aromatic heterocycles. The average Bonchev–Trinajstić information content (AvgIpc) is 3.09. The van der Waals surface area contributed by atoms with Crippen LogP contribution in [0.1, 0.15) is 22.7 Å². The lowest BCUT2D eigenvalue weighted by Gasteiger charge is -2.27. The minimum Gasteiger partial charge on any atom is -0.507 e. The molecule has 1 aliphatic rings. The number of anilines is 1. The van der Waals surface area contributed by atoms with E-state index in [1.54, 1.807) is 30.3 Å². The minimum atomic E-state index is -0.890. The van der Waals surface area contributed by atoms with Gasteiger partial charge in [-0.1, -0.05) is 78.9 Å². The van der Waals surface area contributed by atoms with Gasteiger partial charge < -0.3 is 10.2 Å². The van der Waals surface area contributed by atoms with Gasteiger partial charge in [-0.15, -0.1) is 0 Å². The predicted octanol–water partition coefficient (Wildman–Crippen LogP) is 5.48. The summed E-state index contributed by atoms with van der Waals surface area (Å²) in [6, 6.07) is 25.9. The number of amides is 1. The second-order valence-corrected chi connectivity index (χ2v) is 8.04. The summed E-state index contributed by atoms with van der Waals surface area (Å²) in [7, 11) is 0. The molecule has 1 amide bonds. The first-order valence-electron chi connectivity index (χ1n) is 10.6. The van der Waals surface area contributed by atoms with Crippen LogP contribution < -0.4 is 4.90 Å². The third kappa shape index (κ3) is 3.26. The van der Waals surface area contributed by atoms with Crippen molar-refractivity contribution in [2.45, 2.75) is 13.0 Å². The van der Waals surface area contributed by atoms with Crippen LogP contribution in [0.2, 0.25) is 0 Å². The molecule has 1 saturated heterocycles. The van der Waals surface area contributed by atoms with E-state index in [-0.39, 0.29) is 22.8 Å². The summed E-state index contributed by atoms with van der Waals surface area (Å²) in [6.07, 6.45) is 0. The van der Waals surface area contributed by atoms with Gasteiger partial charge in [0, 0.05) is 5.56 Å². The quantitative estimate of drug-likeness (QED) is 0.254. The number of ketones is 1. The highest BCUT2D eigenvalue weighted by Gasteiger charge is 2.48. The smallest absolute Gasteiger partial charge is 0.300 e. The molecule has 5 rings (SSSR count). The van der Waals surface area contributed by atoms with Crippen LogP contribution in [-0.2, 0) is 9.59 Å². The van der Waals surface area contributed by atoms with E-state index in [2.05, 4.69) is 0 Å². The third-order valence-corrected chi connectivity index (χ3v) is 6.11. The normalized spacial score (nSPS) is 17.6. The van der Waals surface area contributed by atoms with Crippen molar-refractivity contribution in [2.75, 3.05) is 4.90 Å². The van der Waals surface area contributed by atoms with Gasteiger partial charge in [0.2, 0.25) is 0 Å². The minimum absolute atomic E-state index is 0.00564. The van der Waals surface area contributed by atoms with Crippen LogP contribution in [0.15, 0.2) is 96.6 Å². The number of aryl methyl sites for hydroxylation is 1. The Morgan fingerprint density at radius 1 is 0.818 bits per heavy atom. The number of fused-ring (bicyclic) bond motifs is 1. The SMILES string of the molecule is Cc1ccccc1C1/C(=C(\O)c2cccc3ccccc23)C(=O)C(=O)N1c1ccccc1O. The Morgan fingerprint density at radius 3 is 2.27 bits per heavy atom. The number of carbonyl (C=O) groups excluding carboxylic acids is 2. The van der Waals surface area contributed by atoms with Gasteiger partial charge in [-0.3, -0.25) is 14.5 Å². The highest BCUT2D eigenvalue weighted by atomic mass is 16.3. The molecule has 4 aromatic rings. The van der Waals surface area contributed by atoms with Crippen LogP contribution in [0, 0.1) is 6.92 Å². The second-order valence-electron chi connectivity index (χ2n) is 8.04. The van der Waals surface area contributed by atoms with Crippen molar-refractivity contribution in [3.8, 4) is 5.75 Å². The first-order valence-corrected chi connectivity index (χ1v) is 10.6. The first-order chi connectivity index (χ1) is 16.0. The van der Waals surface area contributed by atoms with Crippen molar-refractivity contribution in [3.05, 3.63) is 113 Å². The highest BCUT2D eigenvalue weighted by molar-refractivity contribution is 6.52. The summed E-state index contributed by atoms with van der Waals surface area (Å²) in [5, 5.41) is 23.7. The van der Waals surface area contributed by atoms with E-state index in [9.17, 15) is 19.8 Å². The topological polar surface area (TPSA) is 77.8 Å². The molecule has 0 spiro atoms. The number of nitrogens with zero attached hydrogens (tertiary/aromatic N) is 1. The van der Waals surface area contributed by atoms with Crippen LogP contribution >= 0.6 is 0 Å². The van der Waals surface area contributed by atoms with Gasteiger partial charge in [0.1, 0.15) is 11.5 Å². The number of Topliss-reactive ketones (excluding diaryl/α,β-unsaturated/α-hetero) is 1. The van der Waals surface area contributed by atoms with Gasteiger partial charge in [-0.05, 0) is 41.0 Å². The second kappa shape index (κ2) is 7.95. The Balaban J connectivity index is 1.82. The lowest BCUT2D eigenvalue weighted by molar-refractivity contribution is -0.132. The monoisotopic (exact) mass is 435 g/mol. The molecule has 2 N–H and O–H groups in total. The van der Waals surface area contributed by atoms with E-state index in [0.29, 0.717) is 11.1 Å². The van der Waals surface area contributed by atoms with E-state index in [1.807, 2.05) is 61.5 Å². The molecule has 33 heavy (non-hydrogen) atoms. The molecule has 1 aliphatic heterocycles. The Kier molecular flexibility index (Phi) is 4.94. The molecule has 5 heteroatoms. The number of aromatic hydroxyl groups is 1. The van der Waals surface area contributed by atoms with Crippen LogP contribution in [0.4, 0.5) is 5.69 Å². The van der Waals surface area contributed by atoms with Crippen molar-refractivity contribution in [1.82, 2.24) is 0 Å². The van der Waals surface area contributed by atoms with Crippen LogP contribution in [0.3, 0.4) is 0 Å². The Morgan fingerprint density at radius 2 is 1.48 bits per heavy atom. The molecule has 0 bridgehead atoms. The summed E-state index contributed by atoms with van der Waals surface area (Å²) >= 11 is 0. The number of rotatable bonds is 3. The molecule has 0 aliphatic carbocycles. The molecule has 1 unspecified atom stereocenters. The summed E-state index contributed by atoms with van der Waals surface area (Å²) in [4.78, 5) is 27.9. The molecular weight excluding hydrogens is 414 g/mol. The van der Waals surface area contributed by atoms with Crippen molar-refractivity contribution < 1.29 is 19.8 Å². The van der Waals surface area contributed by atoms with Crippen molar-refractivity contribution >= 4 is 33.9 Å². The van der Waals surface area contributed by atoms with Gasteiger partial charge >= 0.3 is 0 Å². The summed E-state index contributed by atoms with van der Waals surface area (Å²) in [5.74, 6) is -1.96. The molecule has 5 nitrogen and oxygen atoms in total. The van der Waals surface area contributed by atoms with E-state index in [1.165, 1.54) is 11.0 Å². The Hall–Kier alpha value is -4.38. The molecule has 1 heterocycles. The molecule has 1 fully saturated rings. The summed E-state index contributed by atoms with van der Waals surface area (Å²) < 4.78 is 0. The maximum atomic E-state index is 13.4. The van der Waals surface area contributed by atoms with Crippen LogP contribution in [0.25, 0.3) is 16.5 Å². The average molecular weight is 435 g/mol. The molecule has 4 aromatic carbocycles. The number of hydrogen-bond acceptors (Lipinski definition) is 4. The maximum Gasteiger partial charge on any atom is 0.300 e. The van der Waals surface area contributed by atoms with Crippen LogP contribution in [-0.4, -0.2) is 21.9 Å². The number of phenols is 1. The maximum absolute atomic E-state index is 13.4. The van der Waals surface area contributed by atoms with Gasteiger partial charge in [-0.2, -0.15) is 0 Å². The number of phenolic OH excluding ortho intramolecular Hbond substituents is 1. The van der Waals surface area contributed by atoms with E-state index < -0.39 is 17.7 Å². The molecular formula is C28H21NO4. The van der Waals surface area contributed by atoms with Gasteiger partial charge in [-0.25, -0.2) is 0 Å². The van der Waals surface area contributed by atoms with E-state index in [4.69, 9.17) is 0 Å². The predicted molar refractivity (Wildman–Crippen MR) is 128 cm³/mol. The van der Waals surface area contributed by atoms with Crippen molar-refractivity contribution in [3.63, 3.8) is 0 Å². The third-order valence-electron chi connectivity index (χ3n) is 6.11. The zero-order valence-electron chi connectivity index (χ0n) is 17.9. The molecule has 0 radical (unpaired) electrons. The highest BCUT2D eigenvalue weighted by Crippen LogP contribution is 2.45. The lowest BCUT2D eigenvalue weighted by Crippen LogP contribution is -2.29. The van der Waals surface area contributed by atoms with Crippen molar-refractivity contribution in [1.29, 1.82) is 0 Å². The zero-order chi connectivity index (χ0) is 23.1. The largest absolute Gasteiger partial charge is 0.507 e. The van der Waals surface area contributed by atoms with E-state index in [0.717, 1.165) is 16.3 Å². The number of hydrogen-bond donors (Lipinski definition) is 2. The van der Waals surface area contributed by atoms with Gasteiger partial charge in [0.15, 0.2) is 0 Å². The van der Waals surface area contributed by atoms with E-state index >= 15 is 0 Å². The number of carbonyl (C=O) groups is 2. The number of aliphatic hydroxyl groups is 1. The standard InChI is InChI=1S/C28H21NO4/c1-17-9-2-4-12-19(17)25-24(26(31)21-14-8-11-18-10-3-5-13-20(18)21)27(32)28(33)29(25)22-15-6-7-16-23(22)30/h2-16,25,30-31H,1H3/b26-24+. The number of aliphatic hydroxyl groups excluding tert-OH is 1. The fourth-order valence-electron chi connectivity index (χ4n) is 4.51. The van der Waals surface area contributed by atoms with Gasteiger partial charge in [0.05, 0.1) is 17.3 Å². The number of benzene rings is 4. The lowest BCUT2D eigenvalue weighted by atomic mass is 9.91. The fourth-order valence-corrected chi connectivity index (χ4v) is 4.51. The Labute approximate surface area is 190 Å². The first kappa shape index (κ1) is 20.5. The number of para-hydroxylation sites is 2. The molecule has 0 saturated carbocycles. The van der Waals surface area contributed by atoms with Crippen LogP contribution in [0.5, 0.6) is 5.75 Å².